The number of ether oxygens (including phenoxy) is 1. The molecule has 2 rings (SSSR count). The second-order valence-electron chi connectivity index (χ2n) is 5.73. The van der Waals surface area contributed by atoms with Gasteiger partial charge in [-0.15, -0.1) is 0 Å². The summed E-state index contributed by atoms with van der Waals surface area (Å²) in [4.78, 5) is 10.7. The summed E-state index contributed by atoms with van der Waals surface area (Å²) >= 11 is 1.78. The summed E-state index contributed by atoms with van der Waals surface area (Å²) in [5.74, 6) is -1.91. The van der Waals surface area contributed by atoms with E-state index >= 15 is 0 Å². The van der Waals surface area contributed by atoms with Crippen molar-refractivity contribution in [2.75, 3.05) is 32.1 Å². The molecule has 1 aliphatic rings. The zero-order chi connectivity index (χ0) is 19.0. The highest BCUT2D eigenvalue weighted by Gasteiger charge is 2.23. The summed E-state index contributed by atoms with van der Waals surface area (Å²) in [6, 6.07) is 2.80. The van der Waals surface area contributed by atoms with Crippen molar-refractivity contribution < 1.29 is 26.7 Å². The molecule has 1 aromatic rings. The van der Waals surface area contributed by atoms with Crippen molar-refractivity contribution in [3.8, 4) is 0 Å². The standard InChI is InChI=1S/C16H22F2N2O4S2/c17-13-2-1-3-14(18)16(13)26(22,23)20-7-4-15(21)19-8-11-25-12-5-9-24-10-6-12/h1-3,12,20H,4-11H2,(H,19,21). The molecular formula is C16H22F2N2O4S2. The Labute approximate surface area is 156 Å². The van der Waals surface area contributed by atoms with Gasteiger partial charge in [-0.2, -0.15) is 11.8 Å². The van der Waals surface area contributed by atoms with Crippen LogP contribution in [0.5, 0.6) is 0 Å². The molecule has 1 saturated heterocycles. The Bertz CT molecular complexity index is 690. The minimum Gasteiger partial charge on any atom is -0.381 e. The molecule has 1 fully saturated rings. The molecule has 1 aliphatic heterocycles. The number of sulfonamides is 1. The number of halogens is 2. The molecule has 10 heteroatoms. The summed E-state index contributed by atoms with van der Waals surface area (Å²) in [5, 5.41) is 3.24. The third-order valence-electron chi connectivity index (χ3n) is 3.78. The highest BCUT2D eigenvalue weighted by Crippen LogP contribution is 2.21. The van der Waals surface area contributed by atoms with E-state index in [1.165, 1.54) is 0 Å². The summed E-state index contributed by atoms with van der Waals surface area (Å²) < 4.78 is 58.3. The Morgan fingerprint density at radius 1 is 1.19 bits per heavy atom. The van der Waals surface area contributed by atoms with Crippen LogP contribution in [0.25, 0.3) is 0 Å². The van der Waals surface area contributed by atoms with Gasteiger partial charge in [0.25, 0.3) is 0 Å². The van der Waals surface area contributed by atoms with E-state index in [-0.39, 0.29) is 18.9 Å². The second-order valence-corrected chi connectivity index (χ2v) is 8.84. The van der Waals surface area contributed by atoms with Gasteiger partial charge in [-0.1, -0.05) is 6.07 Å². The average molecular weight is 408 g/mol. The number of carbonyl (C=O) groups excluding carboxylic acids is 1. The van der Waals surface area contributed by atoms with E-state index in [0.717, 1.165) is 50.0 Å². The van der Waals surface area contributed by atoms with Crippen LogP contribution in [0.2, 0.25) is 0 Å². The van der Waals surface area contributed by atoms with Gasteiger partial charge in [0.05, 0.1) is 0 Å². The molecule has 1 heterocycles. The molecule has 1 aromatic carbocycles. The number of benzene rings is 1. The van der Waals surface area contributed by atoms with Crippen LogP contribution in [0.4, 0.5) is 8.78 Å². The molecule has 0 aromatic heterocycles. The summed E-state index contributed by atoms with van der Waals surface area (Å²) in [5.41, 5.74) is 0. The van der Waals surface area contributed by atoms with Crippen LogP contribution in [0, 0.1) is 11.6 Å². The minimum absolute atomic E-state index is 0.114. The van der Waals surface area contributed by atoms with Gasteiger partial charge < -0.3 is 10.1 Å². The van der Waals surface area contributed by atoms with E-state index in [1.54, 1.807) is 11.8 Å². The monoisotopic (exact) mass is 408 g/mol. The van der Waals surface area contributed by atoms with Crippen LogP contribution in [-0.2, 0) is 19.6 Å². The molecule has 0 spiro atoms. The predicted molar refractivity (Wildman–Crippen MR) is 95.5 cm³/mol. The second kappa shape index (κ2) is 10.2. The van der Waals surface area contributed by atoms with Crippen LogP contribution in [-0.4, -0.2) is 51.6 Å². The predicted octanol–water partition coefficient (Wildman–Crippen LogP) is 1.66. The SMILES string of the molecule is O=C(CCNS(=O)(=O)c1c(F)cccc1F)NCCSC1CCOCC1. The fraction of sp³-hybridized carbons (Fsp3) is 0.562. The average Bonchev–Trinajstić information content (AvgIpc) is 2.59. The van der Waals surface area contributed by atoms with Crippen molar-refractivity contribution in [3.05, 3.63) is 29.8 Å². The smallest absolute Gasteiger partial charge is 0.246 e. The molecule has 0 radical (unpaired) electrons. The first-order valence-corrected chi connectivity index (χ1v) is 10.8. The van der Waals surface area contributed by atoms with Crippen LogP contribution >= 0.6 is 11.8 Å². The van der Waals surface area contributed by atoms with Gasteiger partial charge in [0.2, 0.25) is 15.9 Å². The lowest BCUT2D eigenvalue weighted by Crippen LogP contribution is -2.32. The first-order valence-electron chi connectivity index (χ1n) is 8.30. The Hall–Kier alpha value is -1.23. The third-order valence-corrected chi connectivity index (χ3v) is 6.67. The highest BCUT2D eigenvalue weighted by molar-refractivity contribution is 7.99. The number of thioether (sulfide) groups is 1. The lowest BCUT2D eigenvalue weighted by Gasteiger charge is -2.21. The fourth-order valence-electron chi connectivity index (χ4n) is 2.46. The summed E-state index contributed by atoms with van der Waals surface area (Å²) in [7, 11) is -4.35. The van der Waals surface area contributed by atoms with E-state index in [0.29, 0.717) is 11.8 Å². The zero-order valence-corrected chi connectivity index (χ0v) is 15.8. The number of nitrogens with one attached hydrogen (secondary N) is 2. The minimum atomic E-state index is -4.35. The molecular weight excluding hydrogens is 386 g/mol. The molecule has 0 atom stereocenters. The molecule has 0 bridgehead atoms. The normalized spacial score (nSPS) is 15.8. The lowest BCUT2D eigenvalue weighted by atomic mass is 10.2. The van der Waals surface area contributed by atoms with Crippen molar-refractivity contribution in [1.82, 2.24) is 10.0 Å². The molecule has 26 heavy (non-hydrogen) atoms. The van der Waals surface area contributed by atoms with Crippen LogP contribution in [0.15, 0.2) is 23.1 Å². The van der Waals surface area contributed by atoms with Crippen LogP contribution in [0.3, 0.4) is 0 Å². The Kier molecular flexibility index (Phi) is 8.26. The largest absolute Gasteiger partial charge is 0.381 e. The van der Waals surface area contributed by atoms with Crippen molar-refractivity contribution >= 4 is 27.7 Å². The van der Waals surface area contributed by atoms with Crippen molar-refractivity contribution in [1.29, 1.82) is 0 Å². The number of amides is 1. The maximum Gasteiger partial charge on any atom is 0.246 e. The lowest BCUT2D eigenvalue weighted by molar-refractivity contribution is -0.120. The van der Waals surface area contributed by atoms with Crippen LogP contribution < -0.4 is 10.0 Å². The Morgan fingerprint density at radius 2 is 1.85 bits per heavy atom. The van der Waals surface area contributed by atoms with Crippen LogP contribution in [0.1, 0.15) is 19.3 Å². The van der Waals surface area contributed by atoms with Crippen molar-refractivity contribution in [2.45, 2.75) is 29.4 Å². The van der Waals surface area contributed by atoms with Gasteiger partial charge in [-0.05, 0) is 25.0 Å². The first kappa shape index (κ1) is 21.1. The van der Waals surface area contributed by atoms with E-state index < -0.39 is 26.6 Å². The molecule has 146 valence electrons. The molecule has 2 N–H and O–H groups in total. The van der Waals surface area contributed by atoms with E-state index in [2.05, 4.69) is 5.32 Å². The van der Waals surface area contributed by atoms with Gasteiger partial charge in [0, 0.05) is 43.7 Å². The Balaban J connectivity index is 1.67. The fourth-order valence-corrected chi connectivity index (χ4v) is 4.70. The van der Waals surface area contributed by atoms with Crippen molar-refractivity contribution in [3.63, 3.8) is 0 Å². The quantitative estimate of drug-likeness (QED) is 0.607. The third kappa shape index (κ3) is 6.49. The van der Waals surface area contributed by atoms with Gasteiger partial charge in [0.15, 0.2) is 4.90 Å². The summed E-state index contributed by atoms with van der Waals surface area (Å²) in [6.07, 6.45) is 1.90. The number of hydrogen-bond donors (Lipinski definition) is 2. The van der Waals surface area contributed by atoms with Gasteiger partial charge in [0.1, 0.15) is 11.6 Å². The first-order chi connectivity index (χ1) is 12.4. The van der Waals surface area contributed by atoms with E-state index in [4.69, 9.17) is 4.74 Å². The molecule has 6 nitrogen and oxygen atoms in total. The molecule has 0 unspecified atom stereocenters. The number of rotatable bonds is 9. The zero-order valence-electron chi connectivity index (χ0n) is 14.2. The van der Waals surface area contributed by atoms with Gasteiger partial charge >= 0.3 is 0 Å². The van der Waals surface area contributed by atoms with Gasteiger partial charge in [-0.25, -0.2) is 21.9 Å². The maximum atomic E-state index is 13.5. The number of hydrogen-bond acceptors (Lipinski definition) is 5. The summed E-state index contributed by atoms with van der Waals surface area (Å²) in [6.45, 7) is 1.78. The molecule has 0 aliphatic carbocycles. The van der Waals surface area contributed by atoms with Crippen molar-refractivity contribution in [2.24, 2.45) is 0 Å². The number of carbonyl (C=O) groups is 1. The Morgan fingerprint density at radius 3 is 2.50 bits per heavy atom. The highest BCUT2D eigenvalue weighted by atomic mass is 32.2. The maximum absolute atomic E-state index is 13.5. The molecule has 0 saturated carbocycles. The van der Waals surface area contributed by atoms with E-state index in [1.807, 2.05) is 4.72 Å². The van der Waals surface area contributed by atoms with E-state index in [9.17, 15) is 22.0 Å². The molecule has 1 amide bonds. The van der Waals surface area contributed by atoms with Gasteiger partial charge in [-0.3, -0.25) is 4.79 Å². The topological polar surface area (TPSA) is 84.5 Å².